The molecule has 0 bridgehead atoms. The third-order valence-electron chi connectivity index (χ3n) is 5.88. The molecule has 0 N–H and O–H groups in total. The number of para-hydroxylation sites is 1. The van der Waals surface area contributed by atoms with Gasteiger partial charge in [-0.25, -0.2) is 0 Å². The molecule has 6 heteroatoms. The van der Waals surface area contributed by atoms with Crippen LogP contribution in [0.25, 0.3) is 10.9 Å². The van der Waals surface area contributed by atoms with Crippen LogP contribution in [0.15, 0.2) is 36.5 Å². The first-order valence-corrected chi connectivity index (χ1v) is 9.65. The van der Waals surface area contributed by atoms with Crippen molar-refractivity contribution in [3.63, 3.8) is 0 Å². The second kappa shape index (κ2) is 7.53. The summed E-state index contributed by atoms with van der Waals surface area (Å²) in [5, 5.41) is 10.4. The number of hydrogen-bond donors (Lipinski definition) is 0. The minimum atomic E-state index is -0.234. The fourth-order valence-corrected chi connectivity index (χ4v) is 4.34. The van der Waals surface area contributed by atoms with E-state index >= 15 is 0 Å². The number of likely N-dealkylation sites (N-methyl/N-ethyl adjacent to an activating group) is 1. The fourth-order valence-electron chi connectivity index (χ4n) is 4.34. The van der Waals surface area contributed by atoms with Gasteiger partial charge in [0.05, 0.1) is 18.1 Å². The van der Waals surface area contributed by atoms with Crippen LogP contribution in [0.3, 0.4) is 0 Å². The van der Waals surface area contributed by atoms with Gasteiger partial charge in [0.25, 0.3) is 0 Å². The van der Waals surface area contributed by atoms with Crippen LogP contribution in [0, 0.1) is 11.3 Å². The topological polar surface area (TPSA) is 63.5 Å². The highest BCUT2D eigenvalue weighted by atomic mass is 16.2. The van der Waals surface area contributed by atoms with E-state index in [1.165, 1.54) is 5.69 Å². The van der Waals surface area contributed by atoms with Gasteiger partial charge in [0.1, 0.15) is 6.04 Å². The summed E-state index contributed by atoms with van der Waals surface area (Å²) in [4.78, 5) is 23.4. The molecule has 0 spiro atoms. The molecule has 6 nitrogen and oxygen atoms in total. The Bertz CT molecular complexity index is 871. The monoisotopic (exact) mass is 363 g/mol. The van der Waals surface area contributed by atoms with E-state index in [0.717, 1.165) is 49.8 Å². The van der Waals surface area contributed by atoms with Gasteiger partial charge in [-0.3, -0.25) is 14.7 Å². The van der Waals surface area contributed by atoms with Gasteiger partial charge in [0.15, 0.2) is 0 Å². The first-order valence-electron chi connectivity index (χ1n) is 9.65. The number of pyridine rings is 1. The average Bonchev–Trinajstić information content (AvgIpc) is 3.36. The number of anilines is 1. The number of benzene rings is 1. The Morgan fingerprint density at radius 1 is 1.30 bits per heavy atom. The van der Waals surface area contributed by atoms with Crippen molar-refractivity contribution < 1.29 is 4.79 Å². The largest absolute Gasteiger partial charge is 0.370 e. The Morgan fingerprint density at radius 3 is 3.00 bits per heavy atom. The second-order valence-electron chi connectivity index (χ2n) is 7.51. The van der Waals surface area contributed by atoms with Gasteiger partial charge in [0.2, 0.25) is 5.91 Å². The van der Waals surface area contributed by atoms with E-state index < -0.39 is 0 Å². The number of nitrogens with zero attached hydrogens (tertiary/aromatic N) is 5. The Kier molecular flexibility index (Phi) is 4.95. The normalized spacial score (nSPS) is 22.9. The molecule has 4 rings (SSSR count). The van der Waals surface area contributed by atoms with E-state index in [1.54, 1.807) is 4.90 Å². The summed E-state index contributed by atoms with van der Waals surface area (Å²) in [6, 6.07) is 12.7. The Labute approximate surface area is 160 Å². The van der Waals surface area contributed by atoms with Gasteiger partial charge in [-0.05, 0) is 31.4 Å². The lowest BCUT2D eigenvalue weighted by molar-refractivity contribution is -0.132. The maximum atomic E-state index is 12.6. The van der Waals surface area contributed by atoms with Crippen molar-refractivity contribution in [3.05, 3.63) is 36.5 Å². The number of nitriles is 1. The van der Waals surface area contributed by atoms with Crippen LogP contribution in [0.5, 0.6) is 0 Å². The molecule has 1 unspecified atom stereocenters. The van der Waals surface area contributed by atoms with E-state index in [1.807, 2.05) is 24.4 Å². The highest BCUT2D eigenvalue weighted by molar-refractivity contribution is 5.91. The number of carbonyl (C=O) groups is 1. The highest BCUT2D eigenvalue weighted by Crippen LogP contribution is 2.28. The number of fused-ring (bicyclic) bond motifs is 1. The van der Waals surface area contributed by atoms with Crippen molar-refractivity contribution in [2.24, 2.45) is 0 Å². The molecule has 0 radical (unpaired) electrons. The smallest absolute Gasteiger partial charge is 0.237 e. The average molecular weight is 363 g/mol. The minimum absolute atomic E-state index is 0.0942. The van der Waals surface area contributed by atoms with Crippen LogP contribution in [-0.4, -0.2) is 66.0 Å². The third-order valence-corrected chi connectivity index (χ3v) is 5.88. The fraction of sp³-hybridized carbons (Fsp3) is 0.476. The lowest BCUT2D eigenvalue weighted by Gasteiger charge is -2.28. The van der Waals surface area contributed by atoms with Crippen LogP contribution >= 0.6 is 0 Å². The van der Waals surface area contributed by atoms with Crippen LogP contribution in [0.4, 0.5) is 5.69 Å². The molecule has 27 heavy (non-hydrogen) atoms. The SMILES string of the molecule is CN(c1ccnc2ccccc12)[C@H]1CCN(CC(=O)N2CCCC2C#N)C1. The summed E-state index contributed by atoms with van der Waals surface area (Å²) in [6.07, 6.45) is 4.63. The number of hydrogen-bond acceptors (Lipinski definition) is 5. The predicted molar refractivity (Wildman–Crippen MR) is 105 cm³/mol. The molecule has 0 aliphatic carbocycles. The summed E-state index contributed by atoms with van der Waals surface area (Å²) in [5.74, 6) is 0.0942. The molecule has 2 aromatic rings. The van der Waals surface area contributed by atoms with Crippen molar-refractivity contribution >= 4 is 22.5 Å². The van der Waals surface area contributed by atoms with Gasteiger partial charge in [-0.2, -0.15) is 5.26 Å². The van der Waals surface area contributed by atoms with E-state index in [-0.39, 0.29) is 11.9 Å². The molecule has 1 amide bonds. The molecule has 3 heterocycles. The molecule has 2 atom stereocenters. The zero-order valence-corrected chi connectivity index (χ0v) is 15.7. The van der Waals surface area contributed by atoms with Crippen molar-refractivity contribution in [1.82, 2.24) is 14.8 Å². The summed E-state index contributed by atoms with van der Waals surface area (Å²) >= 11 is 0. The lowest BCUT2D eigenvalue weighted by atomic mass is 10.1. The molecule has 0 saturated carbocycles. The quantitative estimate of drug-likeness (QED) is 0.834. The first-order chi connectivity index (χ1) is 13.2. The van der Waals surface area contributed by atoms with Crippen molar-refractivity contribution in [2.45, 2.75) is 31.3 Å². The first kappa shape index (κ1) is 17.7. The summed E-state index contributed by atoms with van der Waals surface area (Å²) in [7, 11) is 2.13. The molecule has 1 aromatic carbocycles. The van der Waals surface area contributed by atoms with Crippen LogP contribution in [-0.2, 0) is 4.79 Å². The maximum Gasteiger partial charge on any atom is 0.237 e. The van der Waals surface area contributed by atoms with Crippen molar-refractivity contribution in [3.8, 4) is 6.07 Å². The summed E-state index contributed by atoms with van der Waals surface area (Å²) in [6.45, 7) is 2.91. The van der Waals surface area contributed by atoms with Crippen LogP contribution < -0.4 is 4.90 Å². The standard InChI is InChI=1S/C21H25N5O/c1-24(20-8-10-23-19-7-3-2-6-18(19)20)17-9-12-25(14-17)15-21(27)26-11-4-5-16(26)13-22/h2-3,6-8,10,16-17H,4-5,9,11-12,14-15H2,1H3/t16?,17-/m0/s1. The van der Waals surface area contributed by atoms with E-state index in [2.05, 4.69) is 40.0 Å². The van der Waals surface area contributed by atoms with Crippen LogP contribution in [0.1, 0.15) is 19.3 Å². The highest BCUT2D eigenvalue weighted by Gasteiger charge is 2.32. The third kappa shape index (κ3) is 3.47. The van der Waals surface area contributed by atoms with Gasteiger partial charge >= 0.3 is 0 Å². The molecule has 2 aliphatic heterocycles. The van der Waals surface area contributed by atoms with Gasteiger partial charge in [0, 0.05) is 50.0 Å². The number of amides is 1. The van der Waals surface area contributed by atoms with Gasteiger partial charge in [-0.1, -0.05) is 18.2 Å². The number of carbonyl (C=O) groups excluding carboxylic acids is 1. The number of rotatable bonds is 4. The van der Waals surface area contributed by atoms with E-state index in [9.17, 15) is 10.1 Å². The van der Waals surface area contributed by atoms with E-state index in [4.69, 9.17) is 0 Å². The van der Waals surface area contributed by atoms with Gasteiger partial charge < -0.3 is 9.80 Å². The summed E-state index contributed by atoms with van der Waals surface area (Å²) < 4.78 is 0. The van der Waals surface area contributed by atoms with E-state index in [0.29, 0.717) is 12.6 Å². The Hall–Kier alpha value is -2.65. The molecular formula is C21H25N5O. The Morgan fingerprint density at radius 2 is 2.15 bits per heavy atom. The van der Waals surface area contributed by atoms with Crippen LogP contribution in [0.2, 0.25) is 0 Å². The van der Waals surface area contributed by atoms with Crippen molar-refractivity contribution in [2.75, 3.05) is 38.1 Å². The zero-order chi connectivity index (χ0) is 18.8. The predicted octanol–water partition coefficient (Wildman–Crippen LogP) is 2.26. The molecule has 2 saturated heterocycles. The zero-order valence-electron chi connectivity index (χ0n) is 15.7. The number of likely N-dealkylation sites (tertiary alicyclic amines) is 2. The minimum Gasteiger partial charge on any atom is -0.370 e. The second-order valence-corrected chi connectivity index (χ2v) is 7.51. The van der Waals surface area contributed by atoms with Crippen molar-refractivity contribution in [1.29, 1.82) is 5.26 Å². The molecule has 2 fully saturated rings. The van der Waals surface area contributed by atoms with Gasteiger partial charge in [-0.15, -0.1) is 0 Å². The molecule has 1 aromatic heterocycles. The molecule has 140 valence electrons. The lowest BCUT2D eigenvalue weighted by Crippen LogP contribution is -2.42. The molecule has 2 aliphatic rings. The maximum absolute atomic E-state index is 12.6. The summed E-state index contributed by atoms with van der Waals surface area (Å²) in [5.41, 5.74) is 2.19. The Balaban J connectivity index is 1.42. The molecular weight excluding hydrogens is 338 g/mol. The number of aromatic nitrogens is 1.